The molecule has 0 saturated heterocycles. The molecule has 12 heavy (non-hydrogen) atoms. The molecule has 0 aliphatic carbocycles. The minimum atomic E-state index is 0.646. The first-order valence-electron chi connectivity index (χ1n) is 4.88. The number of rotatable bonds is 4. The third-order valence-corrected chi connectivity index (χ3v) is 1.80. The first-order valence-corrected chi connectivity index (χ1v) is 4.88. The lowest BCUT2D eigenvalue weighted by Crippen LogP contribution is -2.06. The summed E-state index contributed by atoms with van der Waals surface area (Å²) in [4.78, 5) is 0. The maximum atomic E-state index is 2.33. The second-order valence-corrected chi connectivity index (χ2v) is 3.46. The highest BCUT2D eigenvalue weighted by Crippen LogP contribution is 2.06. The highest BCUT2D eigenvalue weighted by Gasteiger charge is 2.04. The van der Waals surface area contributed by atoms with Gasteiger partial charge in [-0.1, -0.05) is 27.7 Å². The van der Waals surface area contributed by atoms with Crippen LogP contribution < -0.4 is 0 Å². The van der Waals surface area contributed by atoms with Gasteiger partial charge in [-0.3, -0.25) is 0 Å². The largest absolute Gasteiger partial charge is 0.209 e. The third-order valence-electron chi connectivity index (χ3n) is 1.80. The minimum Gasteiger partial charge on any atom is -0.209 e. The molecule has 0 radical (unpaired) electrons. The van der Waals surface area contributed by atoms with E-state index >= 15 is 0 Å². The maximum absolute atomic E-state index is 2.33. The summed E-state index contributed by atoms with van der Waals surface area (Å²) < 4.78 is 2.24. The van der Waals surface area contributed by atoms with E-state index < -0.39 is 0 Å². The molecule has 0 rings (SSSR count). The molecule has 1 nitrogen and oxygen atoms in total. The monoisotopic (exact) mass is 168 g/mol. The van der Waals surface area contributed by atoms with Crippen LogP contribution in [0.15, 0.2) is 11.8 Å². The molecule has 0 spiro atoms. The quantitative estimate of drug-likeness (QED) is 0.448. The van der Waals surface area contributed by atoms with Crippen LogP contribution in [0.25, 0.3) is 0 Å². The van der Waals surface area contributed by atoms with Crippen molar-refractivity contribution in [2.24, 2.45) is 5.92 Å². The molecule has 0 N–H and O–H groups in total. The molecule has 1 heteroatoms. The molecule has 0 aromatic carbocycles. The fraction of sp³-hybridized carbons (Fsp3) is 0.727. The Bertz CT molecular complexity index is 175. The zero-order chi connectivity index (χ0) is 9.56. The van der Waals surface area contributed by atoms with Crippen LogP contribution >= 0.6 is 0 Å². The van der Waals surface area contributed by atoms with Gasteiger partial charge < -0.3 is 0 Å². The van der Waals surface area contributed by atoms with Crippen molar-refractivity contribution in [3.63, 3.8) is 0 Å². The summed E-state index contributed by atoms with van der Waals surface area (Å²) in [5.74, 6) is 0.646. The van der Waals surface area contributed by atoms with Crippen LogP contribution in [0.2, 0.25) is 0 Å². The van der Waals surface area contributed by atoms with Gasteiger partial charge in [0.2, 0.25) is 0 Å². The van der Waals surface area contributed by atoms with E-state index in [2.05, 4.69) is 51.6 Å². The third kappa shape index (κ3) is 4.32. The van der Waals surface area contributed by atoms with Gasteiger partial charge >= 0.3 is 0 Å². The van der Waals surface area contributed by atoms with Crippen LogP contribution in [-0.2, 0) is 0 Å². The summed E-state index contributed by atoms with van der Waals surface area (Å²) in [6, 6.07) is 0. The minimum absolute atomic E-state index is 0.646. The Balaban J connectivity index is 4.44. The first-order chi connectivity index (χ1) is 5.61. The fourth-order valence-electron chi connectivity index (χ4n) is 1.26. The Morgan fingerprint density at radius 2 is 1.92 bits per heavy atom. The lowest BCUT2D eigenvalue weighted by Gasteiger charge is -2.01. The van der Waals surface area contributed by atoms with Gasteiger partial charge in [-0.25, -0.2) is 4.58 Å². The summed E-state index contributed by atoms with van der Waals surface area (Å²) in [5, 5.41) is 0. The van der Waals surface area contributed by atoms with Crippen LogP contribution in [0, 0.1) is 5.92 Å². The summed E-state index contributed by atoms with van der Waals surface area (Å²) in [7, 11) is 2.13. The van der Waals surface area contributed by atoms with E-state index in [0.29, 0.717) is 5.92 Å². The SMILES string of the molecule is CCC=[N+](C)C(=CC(C)C)CC. The van der Waals surface area contributed by atoms with Crippen LogP contribution in [0.1, 0.15) is 40.5 Å². The Kier molecular flexibility index (Phi) is 5.69. The molecule has 0 aromatic rings. The Labute approximate surface area is 76.8 Å². The Morgan fingerprint density at radius 1 is 1.33 bits per heavy atom. The average molecular weight is 168 g/mol. The first kappa shape index (κ1) is 11.4. The van der Waals surface area contributed by atoms with Crippen molar-refractivity contribution in [1.29, 1.82) is 0 Å². The molecular weight excluding hydrogens is 146 g/mol. The smallest absolute Gasteiger partial charge is 0.176 e. The molecule has 0 bridgehead atoms. The number of nitrogens with zero attached hydrogens (tertiary/aromatic N) is 1. The van der Waals surface area contributed by atoms with E-state index in [4.69, 9.17) is 0 Å². The van der Waals surface area contributed by atoms with Gasteiger partial charge in [0.15, 0.2) is 5.70 Å². The molecule has 0 atom stereocenters. The second kappa shape index (κ2) is 5.99. The van der Waals surface area contributed by atoms with Crippen LogP contribution in [0.4, 0.5) is 0 Å². The molecule has 0 saturated carbocycles. The van der Waals surface area contributed by atoms with Crippen molar-refractivity contribution in [3.05, 3.63) is 11.8 Å². The molecule has 0 amide bonds. The maximum Gasteiger partial charge on any atom is 0.176 e. The standard InChI is InChI=1S/C11H22N/c1-6-8-12(5)11(7-2)9-10(3)4/h8-10H,6-7H2,1-5H3/q+1. The van der Waals surface area contributed by atoms with E-state index in [1.807, 2.05) is 0 Å². The van der Waals surface area contributed by atoms with Crippen LogP contribution in [0.3, 0.4) is 0 Å². The lowest BCUT2D eigenvalue weighted by atomic mass is 10.1. The predicted octanol–water partition coefficient (Wildman–Crippen LogP) is 3.06. The van der Waals surface area contributed by atoms with Gasteiger partial charge in [0.05, 0.1) is 0 Å². The van der Waals surface area contributed by atoms with Crippen molar-refractivity contribution >= 4 is 6.21 Å². The van der Waals surface area contributed by atoms with Crippen molar-refractivity contribution < 1.29 is 4.58 Å². The van der Waals surface area contributed by atoms with E-state index in [9.17, 15) is 0 Å². The molecule has 70 valence electrons. The topological polar surface area (TPSA) is 3.01 Å². The van der Waals surface area contributed by atoms with Crippen LogP contribution in [0.5, 0.6) is 0 Å². The molecule has 0 aromatic heterocycles. The van der Waals surface area contributed by atoms with E-state index in [1.165, 1.54) is 5.70 Å². The van der Waals surface area contributed by atoms with Gasteiger partial charge in [0.25, 0.3) is 0 Å². The summed E-state index contributed by atoms with van der Waals surface area (Å²) in [6.45, 7) is 8.80. The van der Waals surface area contributed by atoms with Crippen molar-refractivity contribution in [1.82, 2.24) is 0 Å². The van der Waals surface area contributed by atoms with E-state index in [0.717, 1.165) is 12.8 Å². The van der Waals surface area contributed by atoms with Gasteiger partial charge in [-0.15, -0.1) is 0 Å². The predicted molar refractivity (Wildman–Crippen MR) is 55.8 cm³/mol. The molecule has 0 fully saturated rings. The normalized spacial score (nSPS) is 14.2. The Hall–Kier alpha value is -0.590. The van der Waals surface area contributed by atoms with Gasteiger partial charge in [0.1, 0.15) is 13.3 Å². The van der Waals surface area contributed by atoms with Crippen molar-refractivity contribution in [2.75, 3.05) is 7.05 Å². The van der Waals surface area contributed by atoms with Gasteiger partial charge in [-0.2, -0.15) is 0 Å². The highest BCUT2D eigenvalue weighted by molar-refractivity contribution is 5.50. The summed E-state index contributed by atoms with van der Waals surface area (Å²) in [6.07, 6.45) is 6.76. The van der Waals surface area contributed by atoms with Gasteiger partial charge in [0, 0.05) is 12.8 Å². The zero-order valence-electron chi connectivity index (χ0n) is 9.09. The average Bonchev–Trinajstić information content (AvgIpc) is 2.00. The number of allylic oxidation sites excluding steroid dienone is 2. The summed E-state index contributed by atoms with van der Waals surface area (Å²) in [5.41, 5.74) is 1.42. The van der Waals surface area contributed by atoms with E-state index in [-0.39, 0.29) is 0 Å². The van der Waals surface area contributed by atoms with Gasteiger partial charge in [-0.05, 0) is 12.0 Å². The van der Waals surface area contributed by atoms with Crippen molar-refractivity contribution in [3.8, 4) is 0 Å². The fourth-order valence-corrected chi connectivity index (χ4v) is 1.26. The summed E-state index contributed by atoms with van der Waals surface area (Å²) >= 11 is 0. The molecule has 0 aliphatic rings. The highest BCUT2D eigenvalue weighted by atomic mass is 15.0. The lowest BCUT2D eigenvalue weighted by molar-refractivity contribution is -0.442. The Morgan fingerprint density at radius 3 is 2.25 bits per heavy atom. The number of hydrogen-bond donors (Lipinski definition) is 0. The zero-order valence-corrected chi connectivity index (χ0v) is 9.09. The molecular formula is C11H22N+. The molecule has 0 heterocycles. The molecule has 0 aliphatic heterocycles. The van der Waals surface area contributed by atoms with Crippen molar-refractivity contribution in [2.45, 2.75) is 40.5 Å². The number of hydrogen-bond acceptors (Lipinski definition) is 0. The second-order valence-electron chi connectivity index (χ2n) is 3.46. The molecule has 0 unspecified atom stereocenters. The van der Waals surface area contributed by atoms with E-state index in [1.54, 1.807) is 0 Å². The van der Waals surface area contributed by atoms with Crippen LogP contribution in [-0.4, -0.2) is 17.8 Å².